The fourth-order valence-electron chi connectivity index (χ4n) is 3.85. The molecule has 1 aliphatic rings. The number of pyridine rings is 1. The van der Waals surface area contributed by atoms with Crippen LogP contribution in [0, 0.1) is 13.8 Å². The van der Waals surface area contributed by atoms with Gasteiger partial charge < -0.3 is 20.8 Å². The number of aromatic nitrogens is 1. The lowest BCUT2D eigenvalue weighted by Gasteiger charge is -2.20. The highest BCUT2D eigenvalue weighted by Gasteiger charge is 2.21. The lowest BCUT2D eigenvalue weighted by atomic mass is 9.99. The molecule has 7 nitrogen and oxygen atoms in total. The number of nitrogens with one attached hydrogen (secondary N) is 2. The van der Waals surface area contributed by atoms with Crippen LogP contribution in [0.1, 0.15) is 45.9 Å². The Kier molecular flexibility index (Phi) is 5.82. The Bertz CT molecular complexity index is 1440. The number of carbonyl (C=O) groups excluding carboxylic acids is 1. The smallest absolute Gasteiger partial charge is 0.269 e. The molecule has 8 heteroatoms. The Labute approximate surface area is 195 Å². The molecule has 0 spiro atoms. The fourth-order valence-corrected chi connectivity index (χ4v) is 3.99. The maximum Gasteiger partial charge on any atom is 0.269 e. The number of fused-ring (bicyclic) bond motifs is 1. The first kappa shape index (κ1) is 22.4. The van der Waals surface area contributed by atoms with E-state index >= 15 is 0 Å². The molecule has 1 aliphatic heterocycles. The molecule has 3 aromatic rings. The summed E-state index contributed by atoms with van der Waals surface area (Å²) in [5.41, 5.74) is 9.79. The number of allylic oxidation sites excluding steroid dienone is 3. The van der Waals surface area contributed by atoms with E-state index in [1.54, 1.807) is 19.1 Å². The van der Waals surface area contributed by atoms with Gasteiger partial charge in [-0.2, -0.15) is 0 Å². The third-order valence-corrected chi connectivity index (χ3v) is 5.64. The third-order valence-electron chi connectivity index (χ3n) is 5.43. The molecule has 3 heterocycles. The second-order valence-electron chi connectivity index (χ2n) is 7.97. The zero-order valence-electron chi connectivity index (χ0n) is 18.5. The summed E-state index contributed by atoms with van der Waals surface area (Å²) in [6, 6.07) is 6.62. The van der Waals surface area contributed by atoms with Crippen LogP contribution in [0.15, 0.2) is 64.0 Å². The monoisotopic (exact) mass is 462 g/mol. The number of hydrogen-bond donors (Lipinski definition) is 3. The van der Waals surface area contributed by atoms with Gasteiger partial charge in [-0.05, 0) is 56.7 Å². The van der Waals surface area contributed by atoms with Crippen LogP contribution in [-0.2, 0) is 0 Å². The van der Waals surface area contributed by atoms with Gasteiger partial charge in [0.25, 0.3) is 5.91 Å². The molecule has 168 valence electrons. The maximum atomic E-state index is 13.3. The zero-order valence-corrected chi connectivity index (χ0v) is 19.2. The number of dihydropyridines is 1. The van der Waals surface area contributed by atoms with Crippen LogP contribution in [0.4, 0.5) is 5.69 Å². The highest BCUT2D eigenvalue weighted by atomic mass is 35.5. The predicted octanol–water partition coefficient (Wildman–Crippen LogP) is 4.74. The minimum absolute atomic E-state index is 0.0335. The molecule has 0 bridgehead atoms. The van der Waals surface area contributed by atoms with Crippen molar-refractivity contribution in [3.63, 3.8) is 0 Å². The van der Waals surface area contributed by atoms with E-state index in [0.717, 1.165) is 11.1 Å². The van der Waals surface area contributed by atoms with E-state index in [0.29, 0.717) is 39.4 Å². The number of anilines is 1. The van der Waals surface area contributed by atoms with Crippen molar-refractivity contribution in [2.75, 3.05) is 5.32 Å². The summed E-state index contributed by atoms with van der Waals surface area (Å²) in [7, 11) is 0. The first-order chi connectivity index (χ1) is 15.7. The van der Waals surface area contributed by atoms with Gasteiger partial charge in [0, 0.05) is 16.8 Å². The number of nitrogens with two attached hydrogens (primary N) is 1. The Balaban J connectivity index is 1.87. The highest BCUT2D eigenvalue weighted by molar-refractivity contribution is 6.29. The van der Waals surface area contributed by atoms with Gasteiger partial charge in [0.2, 0.25) is 0 Å². The summed E-state index contributed by atoms with van der Waals surface area (Å²) < 4.78 is 6.33. The van der Waals surface area contributed by atoms with Crippen molar-refractivity contribution in [1.29, 1.82) is 0 Å². The SMILES string of the molecule is C=C1C=CC=C(c2oc3c([C@@H](C)Nc4ccc(Cl)nc4C(N)=O)cc(C)cc3c(=O)c2C)N1. The van der Waals surface area contributed by atoms with Crippen LogP contribution in [-0.4, -0.2) is 10.9 Å². The molecule has 1 amide bonds. The van der Waals surface area contributed by atoms with Crippen molar-refractivity contribution in [3.8, 4) is 0 Å². The molecule has 0 aliphatic carbocycles. The zero-order chi connectivity index (χ0) is 23.9. The van der Waals surface area contributed by atoms with E-state index in [2.05, 4.69) is 22.2 Å². The Morgan fingerprint density at radius 3 is 2.76 bits per heavy atom. The van der Waals surface area contributed by atoms with Crippen molar-refractivity contribution in [2.45, 2.75) is 26.8 Å². The molecule has 2 aromatic heterocycles. The fraction of sp³-hybridized carbons (Fsp3) is 0.160. The van der Waals surface area contributed by atoms with Gasteiger partial charge in [-0.3, -0.25) is 9.59 Å². The van der Waals surface area contributed by atoms with Crippen molar-refractivity contribution in [2.24, 2.45) is 5.73 Å². The molecular formula is C25H23ClN4O3. The lowest BCUT2D eigenvalue weighted by molar-refractivity contribution is 0.0996. The summed E-state index contributed by atoms with van der Waals surface area (Å²) >= 11 is 5.93. The number of benzene rings is 1. The Morgan fingerprint density at radius 1 is 1.30 bits per heavy atom. The highest BCUT2D eigenvalue weighted by Crippen LogP contribution is 2.31. The topological polar surface area (TPSA) is 110 Å². The van der Waals surface area contributed by atoms with Crippen LogP contribution in [0.2, 0.25) is 5.15 Å². The number of nitrogens with zero attached hydrogens (tertiary/aromatic N) is 1. The first-order valence-electron chi connectivity index (χ1n) is 10.3. The van der Waals surface area contributed by atoms with Gasteiger partial charge in [0.1, 0.15) is 10.7 Å². The molecular weight excluding hydrogens is 440 g/mol. The Morgan fingerprint density at radius 2 is 2.06 bits per heavy atom. The molecule has 0 saturated heterocycles. The van der Waals surface area contributed by atoms with Gasteiger partial charge in [-0.25, -0.2) is 4.98 Å². The molecule has 0 unspecified atom stereocenters. The van der Waals surface area contributed by atoms with E-state index in [-0.39, 0.29) is 22.3 Å². The van der Waals surface area contributed by atoms with Crippen molar-refractivity contribution in [1.82, 2.24) is 10.3 Å². The van der Waals surface area contributed by atoms with Gasteiger partial charge in [-0.15, -0.1) is 0 Å². The lowest BCUT2D eigenvalue weighted by Crippen LogP contribution is -2.19. The molecule has 1 aromatic carbocycles. The van der Waals surface area contributed by atoms with Gasteiger partial charge in [-0.1, -0.05) is 30.3 Å². The molecule has 0 saturated carbocycles. The van der Waals surface area contributed by atoms with Crippen LogP contribution < -0.4 is 21.8 Å². The molecule has 0 fully saturated rings. The summed E-state index contributed by atoms with van der Waals surface area (Å²) in [5, 5.41) is 7.05. The van der Waals surface area contributed by atoms with Crippen LogP contribution in [0.3, 0.4) is 0 Å². The van der Waals surface area contributed by atoms with Gasteiger partial charge >= 0.3 is 0 Å². The van der Waals surface area contributed by atoms with Crippen molar-refractivity contribution < 1.29 is 9.21 Å². The standard InChI is InChI=1S/C25H23ClN4O3/c1-12-10-16(15(4)29-18-8-9-20(26)30-21(18)25(27)32)24-17(11-12)22(31)14(3)23(33-24)19-7-5-6-13(2)28-19/h5-11,15,28-29H,2H2,1,3-4H3,(H2,27,32)/t15-/m1/s1. The van der Waals surface area contributed by atoms with E-state index in [4.69, 9.17) is 21.8 Å². The average Bonchev–Trinajstić information content (AvgIpc) is 2.77. The summed E-state index contributed by atoms with van der Waals surface area (Å²) in [6.45, 7) is 9.47. The number of aryl methyl sites for hydroxylation is 1. The molecule has 4 N–H and O–H groups in total. The summed E-state index contributed by atoms with van der Waals surface area (Å²) in [5.74, 6) is -0.254. The number of rotatable bonds is 5. The average molecular weight is 463 g/mol. The van der Waals surface area contributed by atoms with E-state index in [1.165, 1.54) is 0 Å². The van der Waals surface area contributed by atoms with Crippen LogP contribution in [0.25, 0.3) is 16.7 Å². The molecule has 4 rings (SSSR count). The van der Waals surface area contributed by atoms with Crippen LogP contribution >= 0.6 is 11.6 Å². The predicted molar refractivity (Wildman–Crippen MR) is 131 cm³/mol. The number of carbonyl (C=O) groups is 1. The number of hydrogen-bond acceptors (Lipinski definition) is 6. The second kappa shape index (κ2) is 8.60. The normalized spacial score (nSPS) is 14.1. The first-order valence-corrected chi connectivity index (χ1v) is 10.7. The van der Waals surface area contributed by atoms with Crippen molar-refractivity contribution >= 4 is 39.9 Å². The quantitative estimate of drug-likeness (QED) is 0.472. The largest absolute Gasteiger partial charge is 0.454 e. The maximum absolute atomic E-state index is 13.3. The van der Waals surface area contributed by atoms with Gasteiger partial charge in [0.05, 0.1) is 22.8 Å². The molecule has 1 atom stereocenters. The van der Waals surface area contributed by atoms with E-state index in [1.807, 2.05) is 44.2 Å². The van der Waals surface area contributed by atoms with E-state index < -0.39 is 5.91 Å². The minimum Gasteiger partial charge on any atom is -0.454 e. The summed E-state index contributed by atoms with van der Waals surface area (Å²) in [4.78, 5) is 29.2. The second-order valence-corrected chi connectivity index (χ2v) is 8.35. The molecule has 0 radical (unpaired) electrons. The number of halogens is 1. The van der Waals surface area contributed by atoms with Gasteiger partial charge in [0.15, 0.2) is 16.9 Å². The Hall–Kier alpha value is -3.84. The number of primary amides is 1. The van der Waals surface area contributed by atoms with Crippen LogP contribution in [0.5, 0.6) is 0 Å². The minimum atomic E-state index is -0.700. The van der Waals surface area contributed by atoms with Crippen molar-refractivity contribution in [3.05, 3.63) is 98.3 Å². The third kappa shape index (κ3) is 4.27. The number of amides is 1. The van der Waals surface area contributed by atoms with E-state index in [9.17, 15) is 9.59 Å². The molecule has 33 heavy (non-hydrogen) atoms. The summed E-state index contributed by atoms with van der Waals surface area (Å²) in [6.07, 6.45) is 5.51.